The lowest BCUT2D eigenvalue weighted by atomic mass is 10.2. The van der Waals surface area contributed by atoms with E-state index in [1.165, 1.54) is 12.1 Å². The summed E-state index contributed by atoms with van der Waals surface area (Å²) in [5.41, 5.74) is 1.90. The monoisotopic (exact) mass is 384 g/mol. The van der Waals surface area contributed by atoms with E-state index >= 15 is 0 Å². The largest absolute Gasteiger partial charge is 0.374 e. The predicted octanol–water partition coefficient (Wildman–Crippen LogP) is 3.25. The highest BCUT2D eigenvalue weighted by Gasteiger charge is 2.15. The number of hydrogen-bond acceptors (Lipinski definition) is 5. The lowest BCUT2D eigenvalue weighted by molar-refractivity contribution is 0.351. The molecule has 0 N–H and O–H groups in total. The van der Waals surface area contributed by atoms with E-state index in [2.05, 4.69) is 25.3 Å². The summed E-state index contributed by atoms with van der Waals surface area (Å²) in [5, 5.41) is 12.6. The van der Waals surface area contributed by atoms with Crippen molar-refractivity contribution >= 4 is 23.4 Å². The number of tetrazole rings is 1. The lowest BCUT2D eigenvalue weighted by Crippen LogP contribution is -2.44. The van der Waals surface area contributed by atoms with Crippen molar-refractivity contribution in [2.45, 2.75) is 0 Å². The van der Waals surface area contributed by atoms with Crippen molar-refractivity contribution in [3.8, 4) is 5.69 Å². The van der Waals surface area contributed by atoms with E-state index in [0.29, 0.717) is 10.8 Å². The van der Waals surface area contributed by atoms with Crippen molar-refractivity contribution < 1.29 is 4.39 Å². The standard InChI is InChI=1S/C19H18ClFN6/c20-15-1-5-18(6-2-15)27-19(22-23-24-27)9-10-25-11-13-26(14-12-25)17-7-3-16(21)4-8-17/h1-10H,11-14H2/b10-9+. The molecule has 1 aliphatic rings. The van der Waals surface area contributed by atoms with Crippen LogP contribution in [0.15, 0.2) is 54.7 Å². The summed E-state index contributed by atoms with van der Waals surface area (Å²) in [7, 11) is 0. The van der Waals surface area contributed by atoms with Crippen LogP contribution in [0.2, 0.25) is 5.02 Å². The number of aromatic nitrogens is 4. The molecule has 8 heteroatoms. The van der Waals surface area contributed by atoms with Gasteiger partial charge in [-0.1, -0.05) is 11.6 Å². The Morgan fingerprint density at radius 1 is 0.889 bits per heavy atom. The Kier molecular flexibility index (Phi) is 5.02. The topological polar surface area (TPSA) is 50.1 Å². The minimum atomic E-state index is -0.210. The van der Waals surface area contributed by atoms with Gasteiger partial charge in [0.25, 0.3) is 0 Å². The molecule has 0 unspecified atom stereocenters. The third-order valence-corrected chi connectivity index (χ3v) is 4.76. The Bertz CT molecular complexity index is 914. The molecule has 27 heavy (non-hydrogen) atoms. The quantitative estimate of drug-likeness (QED) is 0.691. The SMILES string of the molecule is Fc1ccc(N2CCN(/C=C/c3nnnn3-c3ccc(Cl)cc3)CC2)cc1. The molecule has 0 bridgehead atoms. The van der Waals surface area contributed by atoms with Crippen LogP contribution in [-0.2, 0) is 0 Å². The van der Waals surface area contributed by atoms with Gasteiger partial charge in [-0.15, -0.1) is 5.10 Å². The molecule has 4 rings (SSSR count). The summed E-state index contributed by atoms with van der Waals surface area (Å²) in [6, 6.07) is 14.0. The van der Waals surface area contributed by atoms with Crippen molar-refractivity contribution in [2.24, 2.45) is 0 Å². The first-order valence-electron chi connectivity index (χ1n) is 8.66. The number of rotatable bonds is 4. The van der Waals surface area contributed by atoms with E-state index < -0.39 is 0 Å². The summed E-state index contributed by atoms with van der Waals surface area (Å²) in [5.74, 6) is 0.442. The minimum Gasteiger partial charge on any atom is -0.374 e. The fourth-order valence-corrected chi connectivity index (χ4v) is 3.14. The molecule has 1 aliphatic heterocycles. The average Bonchev–Trinajstić information content (AvgIpc) is 3.17. The highest BCUT2D eigenvalue weighted by molar-refractivity contribution is 6.30. The normalized spacial score (nSPS) is 14.9. The zero-order valence-corrected chi connectivity index (χ0v) is 15.3. The maximum atomic E-state index is 13.1. The van der Waals surface area contributed by atoms with Gasteiger partial charge in [-0.3, -0.25) is 0 Å². The minimum absolute atomic E-state index is 0.210. The molecule has 2 heterocycles. The number of nitrogens with zero attached hydrogens (tertiary/aromatic N) is 6. The van der Waals surface area contributed by atoms with E-state index in [1.807, 2.05) is 36.5 Å². The van der Waals surface area contributed by atoms with Crippen molar-refractivity contribution in [1.29, 1.82) is 0 Å². The Morgan fingerprint density at radius 2 is 1.56 bits per heavy atom. The molecule has 0 radical (unpaired) electrons. The van der Waals surface area contributed by atoms with E-state index in [1.54, 1.807) is 16.8 Å². The highest BCUT2D eigenvalue weighted by atomic mass is 35.5. The Morgan fingerprint density at radius 3 is 2.26 bits per heavy atom. The van der Waals surface area contributed by atoms with E-state index in [0.717, 1.165) is 37.6 Å². The molecular weight excluding hydrogens is 367 g/mol. The van der Waals surface area contributed by atoms with Gasteiger partial charge in [-0.2, -0.15) is 4.68 Å². The van der Waals surface area contributed by atoms with Gasteiger partial charge in [0.2, 0.25) is 0 Å². The number of piperazine rings is 1. The van der Waals surface area contributed by atoms with Crippen LogP contribution in [0.3, 0.4) is 0 Å². The Labute approximate surface area is 161 Å². The van der Waals surface area contributed by atoms with Gasteiger partial charge in [-0.25, -0.2) is 4.39 Å². The first kappa shape index (κ1) is 17.5. The molecule has 1 aromatic heterocycles. The van der Waals surface area contributed by atoms with E-state index in [-0.39, 0.29) is 5.82 Å². The second-order valence-electron chi connectivity index (χ2n) is 6.24. The molecule has 0 saturated carbocycles. The molecule has 1 fully saturated rings. The molecule has 138 valence electrons. The molecular formula is C19H18ClFN6. The third kappa shape index (κ3) is 4.09. The van der Waals surface area contributed by atoms with Crippen molar-refractivity contribution in [1.82, 2.24) is 25.1 Å². The van der Waals surface area contributed by atoms with Crippen molar-refractivity contribution in [3.05, 3.63) is 71.4 Å². The molecule has 2 aromatic carbocycles. The van der Waals surface area contributed by atoms with Crippen molar-refractivity contribution in [3.63, 3.8) is 0 Å². The number of hydrogen-bond donors (Lipinski definition) is 0. The molecule has 0 amide bonds. The van der Waals surface area contributed by atoms with Crippen LogP contribution in [0, 0.1) is 5.82 Å². The van der Waals surface area contributed by atoms with Gasteiger partial charge in [0.1, 0.15) is 5.82 Å². The summed E-state index contributed by atoms with van der Waals surface area (Å²) >= 11 is 5.94. The fourth-order valence-electron chi connectivity index (χ4n) is 3.02. The van der Waals surface area contributed by atoms with Crippen LogP contribution in [-0.4, -0.2) is 51.3 Å². The first-order valence-corrected chi connectivity index (χ1v) is 9.04. The zero-order valence-electron chi connectivity index (χ0n) is 14.5. The molecule has 0 spiro atoms. The van der Waals surface area contributed by atoms with Crippen LogP contribution in [0.5, 0.6) is 0 Å². The highest BCUT2D eigenvalue weighted by Crippen LogP contribution is 2.18. The number of halogens is 2. The van der Waals surface area contributed by atoms with Crippen LogP contribution in [0.1, 0.15) is 5.82 Å². The van der Waals surface area contributed by atoms with Crippen LogP contribution < -0.4 is 4.90 Å². The maximum Gasteiger partial charge on any atom is 0.181 e. The zero-order chi connectivity index (χ0) is 18.6. The molecule has 1 saturated heterocycles. The summed E-state index contributed by atoms with van der Waals surface area (Å²) in [6.45, 7) is 3.49. The molecule has 0 aliphatic carbocycles. The van der Waals surface area contributed by atoms with Gasteiger partial charge < -0.3 is 9.80 Å². The summed E-state index contributed by atoms with van der Waals surface area (Å²) in [6.07, 6.45) is 3.92. The van der Waals surface area contributed by atoms with Gasteiger partial charge >= 0.3 is 0 Å². The summed E-state index contributed by atoms with van der Waals surface area (Å²) in [4.78, 5) is 4.47. The molecule has 0 atom stereocenters. The fraction of sp³-hybridized carbons (Fsp3) is 0.211. The lowest BCUT2D eigenvalue weighted by Gasteiger charge is -2.35. The smallest absolute Gasteiger partial charge is 0.181 e. The number of anilines is 1. The predicted molar refractivity (Wildman–Crippen MR) is 103 cm³/mol. The van der Waals surface area contributed by atoms with Crippen LogP contribution in [0.4, 0.5) is 10.1 Å². The van der Waals surface area contributed by atoms with Crippen LogP contribution >= 0.6 is 11.6 Å². The van der Waals surface area contributed by atoms with E-state index in [9.17, 15) is 4.39 Å². The second-order valence-corrected chi connectivity index (χ2v) is 6.68. The van der Waals surface area contributed by atoms with Gasteiger partial charge in [0.05, 0.1) is 5.69 Å². The average molecular weight is 385 g/mol. The summed E-state index contributed by atoms with van der Waals surface area (Å²) < 4.78 is 14.7. The maximum absolute atomic E-state index is 13.1. The van der Waals surface area contributed by atoms with Crippen LogP contribution in [0.25, 0.3) is 11.8 Å². The molecule has 3 aromatic rings. The Hall–Kier alpha value is -2.93. The first-order chi connectivity index (χ1) is 13.2. The van der Waals surface area contributed by atoms with Gasteiger partial charge in [-0.05, 0) is 59.0 Å². The van der Waals surface area contributed by atoms with E-state index in [4.69, 9.17) is 11.6 Å². The molecule has 6 nitrogen and oxygen atoms in total. The van der Waals surface area contributed by atoms with Gasteiger partial charge in [0.15, 0.2) is 5.82 Å². The van der Waals surface area contributed by atoms with Gasteiger partial charge in [0, 0.05) is 49.2 Å². The third-order valence-electron chi connectivity index (χ3n) is 4.51. The Balaban J connectivity index is 1.40. The second kappa shape index (κ2) is 7.75. The van der Waals surface area contributed by atoms with Crippen molar-refractivity contribution in [2.75, 3.05) is 31.1 Å². The number of benzene rings is 2.